The van der Waals surface area contributed by atoms with E-state index in [1.54, 1.807) is 11.3 Å². The lowest BCUT2D eigenvalue weighted by atomic mass is 10.1. The van der Waals surface area contributed by atoms with Crippen LogP contribution in [-0.4, -0.2) is 36.8 Å². The Balaban J connectivity index is 1.30. The topological polar surface area (TPSA) is 50.8 Å². The largest absolute Gasteiger partial charge is 0.376 e. The molecule has 1 aromatic heterocycles. The van der Waals surface area contributed by atoms with Crippen LogP contribution in [0.2, 0.25) is 0 Å². The molecule has 0 bridgehead atoms. The zero-order valence-electron chi connectivity index (χ0n) is 16.1. The van der Waals surface area contributed by atoms with Gasteiger partial charge >= 0.3 is 6.03 Å². The Hall–Kier alpha value is -1.89. The van der Waals surface area contributed by atoms with Gasteiger partial charge in [0.05, 0.1) is 25.4 Å². The molecule has 0 saturated carbocycles. The van der Waals surface area contributed by atoms with Gasteiger partial charge in [-0.3, -0.25) is 0 Å². The third kappa shape index (κ3) is 4.93. The van der Waals surface area contributed by atoms with Crippen molar-refractivity contribution >= 4 is 23.1 Å². The standard InChI is InChI=1S/C22H28N2O3S/c25-22(24-10-4-8-21(24)18-9-12-28-16-18)23-19-6-3-5-17(13-19)14-26-15-20-7-1-2-11-27-20/h3,5-6,9,12-13,16,20-21H,1-2,4,7-8,10-11,14-15H2,(H,23,25)/t20-,21+/m0/s1. The molecule has 2 aromatic rings. The van der Waals surface area contributed by atoms with Crippen LogP contribution in [0.5, 0.6) is 0 Å². The minimum Gasteiger partial charge on any atom is -0.376 e. The zero-order valence-corrected chi connectivity index (χ0v) is 17.0. The maximum absolute atomic E-state index is 12.8. The Kier molecular flexibility index (Phi) is 6.62. The van der Waals surface area contributed by atoms with E-state index in [1.165, 1.54) is 12.0 Å². The van der Waals surface area contributed by atoms with Crippen molar-refractivity contribution in [2.45, 2.75) is 50.9 Å². The van der Waals surface area contributed by atoms with Gasteiger partial charge in [0, 0.05) is 18.8 Å². The molecule has 28 heavy (non-hydrogen) atoms. The zero-order chi connectivity index (χ0) is 19.2. The summed E-state index contributed by atoms with van der Waals surface area (Å²) in [7, 11) is 0. The number of amides is 2. The van der Waals surface area contributed by atoms with E-state index in [9.17, 15) is 4.79 Å². The quantitative estimate of drug-likeness (QED) is 0.725. The maximum Gasteiger partial charge on any atom is 0.322 e. The SMILES string of the molecule is O=C(Nc1cccc(COC[C@@H]2CCCCO2)c1)N1CCC[C@@H]1c1ccsc1. The second-order valence-electron chi connectivity index (χ2n) is 7.54. The summed E-state index contributed by atoms with van der Waals surface area (Å²) < 4.78 is 11.5. The smallest absolute Gasteiger partial charge is 0.322 e. The van der Waals surface area contributed by atoms with E-state index in [1.807, 2.05) is 29.2 Å². The number of likely N-dealkylation sites (tertiary alicyclic amines) is 1. The molecule has 2 atom stereocenters. The summed E-state index contributed by atoms with van der Waals surface area (Å²) in [6.45, 7) is 2.81. The molecule has 1 aromatic carbocycles. The van der Waals surface area contributed by atoms with Crippen LogP contribution >= 0.6 is 11.3 Å². The predicted octanol–water partition coefficient (Wildman–Crippen LogP) is 5.20. The molecule has 5 nitrogen and oxygen atoms in total. The van der Waals surface area contributed by atoms with Gasteiger partial charge in [0.2, 0.25) is 0 Å². The van der Waals surface area contributed by atoms with Crippen molar-refractivity contribution in [3.63, 3.8) is 0 Å². The number of rotatable bonds is 6. The van der Waals surface area contributed by atoms with Gasteiger partial charge in [0.15, 0.2) is 0 Å². The molecule has 0 aliphatic carbocycles. The number of hydrogen-bond acceptors (Lipinski definition) is 4. The number of ether oxygens (including phenoxy) is 2. The van der Waals surface area contributed by atoms with Crippen LogP contribution in [0, 0.1) is 0 Å². The Morgan fingerprint density at radius 2 is 2.21 bits per heavy atom. The van der Waals surface area contributed by atoms with Crippen LogP contribution in [-0.2, 0) is 16.1 Å². The first-order chi connectivity index (χ1) is 13.8. The molecule has 2 amide bonds. The van der Waals surface area contributed by atoms with E-state index in [2.05, 4.69) is 22.1 Å². The molecular formula is C22H28N2O3S. The van der Waals surface area contributed by atoms with Gasteiger partial charge in [0.25, 0.3) is 0 Å². The van der Waals surface area contributed by atoms with Gasteiger partial charge in [-0.1, -0.05) is 12.1 Å². The lowest BCUT2D eigenvalue weighted by Gasteiger charge is -2.24. The number of anilines is 1. The summed E-state index contributed by atoms with van der Waals surface area (Å²) in [6, 6.07) is 10.2. The van der Waals surface area contributed by atoms with Gasteiger partial charge in [0.1, 0.15) is 0 Å². The molecule has 6 heteroatoms. The summed E-state index contributed by atoms with van der Waals surface area (Å²) in [5.74, 6) is 0. The van der Waals surface area contributed by atoms with Crippen molar-refractivity contribution in [3.8, 4) is 0 Å². The number of benzene rings is 1. The normalized spacial score (nSPS) is 22.4. The Bertz CT molecular complexity index is 759. The number of nitrogens with zero attached hydrogens (tertiary/aromatic N) is 1. The highest BCUT2D eigenvalue weighted by atomic mass is 32.1. The van der Waals surface area contributed by atoms with Gasteiger partial charge in [-0.05, 0) is 72.2 Å². The van der Waals surface area contributed by atoms with Crippen molar-refractivity contribution in [2.24, 2.45) is 0 Å². The molecule has 0 radical (unpaired) electrons. The van der Waals surface area contributed by atoms with Crippen LogP contribution in [0.15, 0.2) is 41.1 Å². The fourth-order valence-corrected chi connectivity index (χ4v) is 4.71. The number of thiophene rings is 1. The van der Waals surface area contributed by atoms with Gasteiger partial charge in [-0.2, -0.15) is 11.3 Å². The summed E-state index contributed by atoms with van der Waals surface area (Å²) in [4.78, 5) is 14.8. The molecule has 2 saturated heterocycles. The first-order valence-corrected chi connectivity index (χ1v) is 11.1. The lowest BCUT2D eigenvalue weighted by molar-refractivity contribution is -0.0447. The number of nitrogens with one attached hydrogen (secondary N) is 1. The van der Waals surface area contributed by atoms with Crippen molar-refractivity contribution < 1.29 is 14.3 Å². The molecule has 2 fully saturated rings. The van der Waals surface area contributed by atoms with Crippen LogP contribution < -0.4 is 5.32 Å². The maximum atomic E-state index is 12.8. The molecule has 4 rings (SSSR count). The third-order valence-corrected chi connectivity index (χ3v) is 6.17. The van der Waals surface area contributed by atoms with Gasteiger partial charge < -0.3 is 19.7 Å². The molecule has 2 aliphatic rings. The Morgan fingerprint density at radius 1 is 1.25 bits per heavy atom. The molecular weight excluding hydrogens is 372 g/mol. The van der Waals surface area contributed by atoms with E-state index < -0.39 is 0 Å². The fourth-order valence-electron chi connectivity index (χ4n) is 4.00. The van der Waals surface area contributed by atoms with Crippen molar-refractivity contribution in [2.75, 3.05) is 25.1 Å². The molecule has 3 heterocycles. The van der Waals surface area contributed by atoms with Crippen LogP contribution in [0.4, 0.5) is 10.5 Å². The minimum atomic E-state index is -0.0256. The minimum absolute atomic E-state index is 0.0256. The van der Waals surface area contributed by atoms with Gasteiger partial charge in [-0.25, -0.2) is 4.79 Å². The average molecular weight is 401 g/mol. The van der Waals surface area contributed by atoms with Crippen LogP contribution in [0.3, 0.4) is 0 Å². The molecule has 0 unspecified atom stereocenters. The number of carbonyl (C=O) groups is 1. The monoisotopic (exact) mass is 400 g/mol. The fraction of sp³-hybridized carbons (Fsp3) is 0.500. The molecule has 150 valence electrons. The van der Waals surface area contributed by atoms with E-state index in [4.69, 9.17) is 9.47 Å². The van der Waals surface area contributed by atoms with Crippen LogP contribution in [0.1, 0.15) is 49.3 Å². The van der Waals surface area contributed by atoms with Crippen molar-refractivity contribution in [3.05, 3.63) is 52.2 Å². The van der Waals surface area contributed by atoms with E-state index >= 15 is 0 Å². The molecule has 0 spiro atoms. The van der Waals surface area contributed by atoms with E-state index in [0.29, 0.717) is 13.2 Å². The van der Waals surface area contributed by atoms with E-state index in [-0.39, 0.29) is 18.2 Å². The summed E-state index contributed by atoms with van der Waals surface area (Å²) >= 11 is 1.68. The highest BCUT2D eigenvalue weighted by Crippen LogP contribution is 2.33. The average Bonchev–Trinajstić information content (AvgIpc) is 3.41. The highest BCUT2D eigenvalue weighted by molar-refractivity contribution is 7.08. The number of carbonyl (C=O) groups excluding carboxylic acids is 1. The van der Waals surface area contributed by atoms with Crippen molar-refractivity contribution in [1.82, 2.24) is 4.90 Å². The summed E-state index contributed by atoms with van der Waals surface area (Å²) in [5.41, 5.74) is 3.12. The Labute approximate surface area is 170 Å². The van der Waals surface area contributed by atoms with Crippen molar-refractivity contribution in [1.29, 1.82) is 0 Å². The predicted molar refractivity (Wildman–Crippen MR) is 112 cm³/mol. The van der Waals surface area contributed by atoms with Crippen LogP contribution in [0.25, 0.3) is 0 Å². The third-order valence-electron chi connectivity index (χ3n) is 5.47. The molecule has 2 aliphatic heterocycles. The lowest BCUT2D eigenvalue weighted by Crippen LogP contribution is -2.34. The molecule has 1 N–H and O–H groups in total. The second kappa shape index (κ2) is 9.54. The summed E-state index contributed by atoms with van der Waals surface area (Å²) in [6.07, 6.45) is 5.76. The Morgan fingerprint density at radius 3 is 3.04 bits per heavy atom. The second-order valence-corrected chi connectivity index (χ2v) is 8.32. The van der Waals surface area contributed by atoms with E-state index in [0.717, 1.165) is 50.1 Å². The number of urea groups is 1. The first-order valence-electron chi connectivity index (χ1n) is 10.2. The number of hydrogen-bond donors (Lipinski definition) is 1. The van der Waals surface area contributed by atoms with Gasteiger partial charge in [-0.15, -0.1) is 0 Å². The first kappa shape index (κ1) is 19.4. The summed E-state index contributed by atoms with van der Waals surface area (Å²) in [5, 5.41) is 7.28. The highest BCUT2D eigenvalue weighted by Gasteiger charge is 2.30.